The van der Waals surface area contributed by atoms with E-state index in [4.69, 9.17) is 5.11 Å². The van der Waals surface area contributed by atoms with Crippen LogP contribution in [-0.4, -0.2) is 11.1 Å². The van der Waals surface area contributed by atoms with Crippen molar-refractivity contribution in [3.8, 4) is 0 Å². The number of hydrogen-bond acceptors (Lipinski definition) is 1. The van der Waals surface area contributed by atoms with E-state index in [2.05, 4.69) is 27.4 Å². The molecule has 0 aliphatic heterocycles. The van der Waals surface area contributed by atoms with Crippen LogP contribution >= 0.6 is 0 Å². The maximum Gasteiger partial charge on any atom is 0.330 e. The van der Waals surface area contributed by atoms with Gasteiger partial charge in [0, 0.05) is 5.57 Å². The number of carboxylic acids is 1. The van der Waals surface area contributed by atoms with Crippen molar-refractivity contribution in [1.82, 2.24) is 0 Å². The highest BCUT2D eigenvalue weighted by atomic mass is 16.4. The minimum atomic E-state index is -0.865. The second-order valence-electron chi connectivity index (χ2n) is 4.68. The van der Waals surface area contributed by atoms with Crippen molar-refractivity contribution in [3.05, 3.63) is 12.2 Å². The summed E-state index contributed by atoms with van der Waals surface area (Å²) in [6, 6.07) is 0. The van der Waals surface area contributed by atoms with Crippen molar-refractivity contribution >= 4 is 5.97 Å². The average Bonchev–Trinajstić information content (AvgIpc) is 1.95. The molecule has 0 fully saturated rings. The van der Waals surface area contributed by atoms with E-state index in [-0.39, 0.29) is 0 Å². The molecular weight excluding hydrogens is 164 g/mol. The van der Waals surface area contributed by atoms with E-state index in [0.29, 0.717) is 17.4 Å². The molecule has 0 amide bonds. The fraction of sp³-hybridized carbons (Fsp3) is 0.727. The Morgan fingerprint density at radius 1 is 1.31 bits per heavy atom. The molecule has 0 atom stereocenters. The summed E-state index contributed by atoms with van der Waals surface area (Å²) in [5.41, 5.74) is 0.679. The van der Waals surface area contributed by atoms with Crippen molar-refractivity contribution in [1.29, 1.82) is 0 Å². The maximum absolute atomic E-state index is 10.4. The Morgan fingerprint density at radius 3 is 2.23 bits per heavy atom. The zero-order valence-corrected chi connectivity index (χ0v) is 8.89. The second-order valence-corrected chi connectivity index (χ2v) is 4.68. The van der Waals surface area contributed by atoms with Crippen molar-refractivity contribution in [3.63, 3.8) is 0 Å². The number of aliphatic carboxylic acids is 1. The Morgan fingerprint density at radius 2 is 1.85 bits per heavy atom. The highest BCUT2D eigenvalue weighted by molar-refractivity contribution is 5.85. The third-order valence-electron chi connectivity index (χ3n) is 1.96. The lowest BCUT2D eigenvalue weighted by molar-refractivity contribution is -0.132. The number of carboxylic acid groups (broad SMARTS) is 1. The van der Waals surface area contributed by atoms with Crippen molar-refractivity contribution in [2.75, 3.05) is 0 Å². The molecule has 0 rings (SSSR count). The van der Waals surface area contributed by atoms with Crippen LogP contribution in [-0.2, 0) is 4.79 Å². The molecule has 0 aliphatic rings. The van der Waals surface area contributed by atoms with Gasteiger partial charge in [-0.1, -0.05) is 33.8 Å². The number of unbranched alkanes of at least 4 members (excludes halogenated alkanes) is 1. The minimum absolute atomic E-state index is 0.328. The van der Waals surface area contributed by atoms with Crippen molar-refractivity contribution < 1.29 is 9.90 Å². The number of carbonyl (C=O) groups is 1. The predicted molar refractivity (Wildman–Crippen MR) is 54.7 cm³/mol. The Kier molecular flexibility index (Phi) is 4.74. The molecule has 0 saturated heterocycles. The SMILES string of the molecule is C=C(CCCCC(C)(C)C)C(=O)O. The lowest BCUT2D eigenvalue weighted by Gasteiger charge is -2.17. The van der Waals surface area contributed by atoms with Crippen LogP contribution in [0.25, 0.3) is 0 Å². The van der Waals surface area contributed by atoms with E-state index < -0.39 is 5.97 Å². The Labute approximate surface area is 80.7 Å². The fourth-order valence-corrected chi connectivity index (χ4v) is 1.10. The van der Waals surface area contributed by atoms with E-state index in [1.54, 1.807) is 0 Å². The smallest absolute Gasteiger partial charge is 0.330 e. The molecule has 0 aromatic heterocycles. The summed E-state index contributed by atoms with van der Waals surface area (Å²) >= 11 is 0. The van der Waals surface area contributed by atoms with Gasteiger partial charge >= 0.3 is 5.97 Å². The normalized spacial score (nSPS) is 11.3. The summed E-state index contributed by atoms with van der Waals surface area (Å²) in [5, 5.41) is 8.54. The van der Waals surface area contributed by atoms with Crippen LogP contribution in [0.2, 0.25) is 0 Å². The molecule has 0 radical (unpaired) electrons. The average molecular weight is 184 g/mol. The topological polar surface area (TPSA) is 37.3 Å². The first kappa shape index (κ1) is 12.2. The molecule has 0 bridgehead atoms. The zero-order valence-electron chi connectivity index (χ0n) is 8.89. The first-order chi connectivity index (χ1) is 5.83. The standard InChI is InChI=1S/C11H20O2/c1-9(10(12)13)7-5-6-8-11(2,3)4/h1,5-8H2,2-4H3,(H,12,13). The minimum Gasteiger partial charge on any atom is -0.478 e. The first-order valence-electron chi connectivity index (χ1n) is 4.74. The van der Waals surface area contributed by atoms with Gasteiger partial charge in [-0.25, -0.2) is 4.79 Å². The van der Waals surface area contributed by atoms with Crippen LogP contribution in [0.15, 0.2) is 12.2 Å². The highest BCUT2D eigenvalue weighted by Gasteiger charge is 2.09. The summed E-state index contributed by atoms with van der Waals surface area (Å²) in [6.07, 6.45) is 3.77. The third kappa shape index (κ3) is 7.57. The maximum atomic E-state index is 10.4. The summed E-state index contributed by atoms with van der Waals surface area (Å²) in [7, 11) is 0. The van der Waals surface area contributed by atoms with E-state index in [9.17, 15) is 4.79 Å². The van der Waals surface area contributed by atoms with Crippen LogP contribution in [0, 0.1) is 5.41 Å². The molecule has 2 nitrogen and oxygen atoms in total. The van der Waals surface area contributed by atoms with Crippen LogP contribution in [0.5, 0.6) is 0 Å². The molecule has 1 N–H and O–H groups in total. The lowest BCUT2D eigenvalue weighted by atomic mass is 9.89. The van der Waals surface area contributed by atoms with E-state index in [1.165, 1.54) is 0 Å². The van der Waals surface area contributed by atoms with Crippen molar-refractivity contribution in [2.24, 2.45) is 5.41 Å². The van der Waals surface area contributed by atoms with Crippen molar-refractivity contribution in [2.45, 2.75) is 46.5 Å². The number of rotatable bonds is 5. The summed E-state index contributed by atoms with van der Waals surface area (Å²) in [6.45, 7) is 10.1. The molecule has 0 heterocycles. The fourth-order valence-electron chi connectivity index (χ4n) is 1.10. The van der Waals surface area contributed by atoms with E-state index in [1.807, 2.05) is 0 Å². The second kappa shape index (κ2) is 5.05. The van der Waals surface area contributed by atoms with Gasteiger partial charge in [0.15, 0.2) is 0 Å². The van der Waals surface area contributed by atoms with Gasteiger partial charge in [-0.3, -0.25) is 0 Å². The molecule has 13 heavy (non-hydrogen) atoms. The molecule has 0 aliphatic carbocycles. The molecule has 76 valence electrons. The summed E-state index contributed by atoms with van der Waals surface area (Å²) in [4.78, 5) is 10.4. The molecule has 0 aromatic rings. The summed E-state index contributed by atoms with van der Waals surface area (Å²) < 4.78 is 0. The van der Waals surface area contributed by atoms with Crippen LogP contribution in [0.1, 0.15) is 46.5 Å². The monoisotopic (exact) mass is 184 g/mol. The van der Waals surface area contributed by atoms with Crippen LogP contribution < -0.4 is 0 Å². The molecule has 0 saturated carbocycles. The van der Waals surface area contributed by atoms with Gasteiger partial charge in [-0.05, 0) is 24.7 Å². The largest absolute Gasteiger partial charge is 0.478 e. The molecule has 0 spiro atoms. The van der Waals surface area contributed by atoms with E-state index >= 15 is 0 Å². The van der Waals surface area contributed by atoms with Gasteiger partial charge in [0.25, 0.3) is 0 Å². The Bertz CT molecular complexity index is 187. The predicted octanol–water partition coefficient (Wildman–Crippen LogP) is 3.23. The van der Waals surface area contributed by atoms with Crippen LogP contribution in [0.4, 0.5) is 0 Å². The summed E-state index contributed by atoms with van der Waals surface area (Å²) in [5.74, 6) is -0.865. The third-order valence-corrected chi connectivity index (χ3v) is 1.96. The number of hydrogen-bond donors (Lipinski definition) is 1. The quantitative estimate of drug-likeness (QED) is 0.526. The molecule has 2 heteroatoms. The van der Waals surface area contributed by atoms with Crippen LogP contribution in [0.3, 0.4) is 0 Å². The Hall–Kier alpha value is -0.790. The van der Waals surface area contributed by atoms with Gasteiger partial charge in [-0.2, -0.15) is 0 Å². The highest BCUT2D eigenvalue weighted by Crippen LogP contribution is 2.22. The van der Waals surface area contributed by atoms with Gasteiger partial charge < -0.3 is 5.11 Å². The van der Waals surface area contributed by atoms with Gasteiger partial charge in [0.1, 0.15) is 0 Å². The van der Waals surface area contributed by atoms with Gasteiger partial charge in [-0.15, -0.1) is 0 Å². The zero-order chi connectivity index (χ0) is 10.5. The Balaban J connectivity index is 3.47. The van der Waals surface area contributed by atoms with Gasteiger partial charge in [0.2, 0.25) is 0 Å². The lowest BCUT2D eigenvalue weighted by Crippen LogP contribution is -2.05. The van der Waals surface area contributed by atoms with Gasteiger partial charge in [0.05, 0.1) is 0 Å². The van der Waals surface area contributed by atoms with E-state index in [0.717, 1.165) is 19.3 Å². The molecule has 0 aromatic carbocycles. The first-order valence-corrected chi connectivity index (χ1v) is 4.74. The molecular formula is C11H20O2. The molecule has 0 unspecified atom stereocenters.